The molecule has 2 rings (SSSR count). The highest BCUT2D eigenvalue weighted by Crippen LogP contribution is 2.19. The molecule has 1 amide bonds. The molecule has 1 aromatic carbocycles. The molecule has 19 heavy (non-hydrogen) atoms. The summed E-state index contributed by atoms with van der Waals surface area (Å²) in [5, 5.41) is 11.9. The summed E-state index contributed by atoms with van der Waals surface area (Å²) in [5.41, 5.74) is 0.862. The van der Waals surface area contributed by atoms with Crippen LogP contribution in [0.25, 0.3) is 0 Å². The van der Waals surface area contributed by atoms with Gasteiger partial charge in [0.1, 0.15) is 0 Å². The quantitative estimate of drug-likeness (QED) is 0.856. The zero-order chi connectivity index (χ0) is 13.8. The molecule has 0 bridgehead atoms. The number of carbonyl (C=O) groups is 2. The lowest BCUT2D eigenvalue weighted by Crippen LogP contribution is -2.59. The van der Waals surface area contributed by atoms with E-state index in [0.717, 1.165) is 5.69 Å². The highest BCUT2D eigenvalue weighted by molar-refractivity contribution is 5.98. The average Bonchev–Trinajstić information content (AvgIpc) is 2.40. The van der Waals surface area contributed by atoms with Crippen molar-refractivity contribution in [3.8, 4) is 0 Å². The second-order valence-electron chi connectivity index (χ2n) is 4.84. The molecule has 0 saturated carbocycles. The monoisotopic (exact) mass is 262 g/mol. The number of carbonyl (C=O) groups excluding carboxylic acids is 1. The van der Waals surface area contributed by atoms with Crippen LogP contribution in [0.1, 0.15) is 19.8 Å². The van der Waals surface area contributed by atoms with Gasteiger partial charge in [-0.05, 0) is 25.5 Å². The van der Waals surface area contributed by atoms with Crippen molar-refractivity contribution in [2.45, 2.75) is 31.8 Å². The number of hydrogen-bond donors (Lipinski definition) is 2. The molecule has 0 radical (unpaired) electrons. The number of nitrogens with one attached hydrogen (secondary N) is 1. The molecule has 1 aliphatic rings. The smallest absolute Gasteiger partial charge is 0.303 e. The summed E-state index contributed by atoms with van der Waals surface area (Å²) in [5.74, 6) is -0.926. The van der Waals surface area contributed by atoms with E-state index in [1.165, 1.54) is 0 Å². The van der Waals surface area contributed by atoms with Crippen LogP contribution in [0.4, 0.5) is 5.69 Å². The van der Waals surface area contributed by atoms with Crippen molar-refractivity contribution >= 4 is 17.6 Å². The Morgan fingerprint density at radius 1 is 1.42 bits per heavy atom. The van der Waals surface area contributed by atoms with Crippen LogP contribution in [0.15, 0.2) is 30.3 Å². The van der Waals surface area contributed by atoms with Crippen molar-refractivity contribution in [2.75, 3.05) is 11.4 Å². The number of aliphatic carboxylic acids is 1. The zero-order valence-corrected chi connectivity index (χ0v) is 10.9. The first-order valence-electron chi connectivity index (χ1n) is 6.42. The lowest BCUT2D eigenvalue weighted by atomic mass is 10.0. The third-order valence-electron chi connectivity index (χ3n) is 3.22. The van der Waals surface area contributed by atoms with E-state index in [4.69, 9.17) is 5.11 Å². The predicted molar refractivity (Wildman–Crippen MR) is 72.1 cm³/mol. The molecule has 2 atom stereocenters. The summed E-state index contributed by atoms with van der Waals surface area (Å²) in [6, 6.07) is 9.20. The molecule has 102 valence electrons. The van der Waals surface area contributed by atoms with E-state index in [1.807, 2.05) is 37.3 Å². The summed E-state index contributed by atoms with van der Waals surface area (Å²) < 4.78 is 0. The number of rotatable bonds is 4. The molecule has 2 unspecified atom stereocenters. The fourth-order valence-electron chi connectivity index (χ4n) is 2.33. The number of carboxylic acids is 1. The van der Waals surface area contributed by atoms with E-state index in [2.05, 4.69) is 5.32 Å². The van der Waals surface area contributed by atoms with Crippen LogP contribution >= 0.6 is 0 Å². The molecule has 1 aliphatic heterocycles. The zero-order valence-electron chi connectivity index (χ0n) is 10.9. The van der Waals surface area contributed by atoms with Crippen LogP contribution in [0.3, 0.4) is 0 Å². The Balaban J connectivity index is 2.12. The SMILES string of the molecule is CC1CN(c2ccccc2)C(=O)C(CCC(=O)O)N1. The average molecular weight is 262 g/mol. The summed E-state index contributed by atoms with van der Waals surface area (Å²) in [7, 11) is 0. The van der Waals surface area contributed by atoms with Gasteiger partial charge in [0.05, 0.1) is 6.04 Å². The van der Waals surface area contributed by atoms with Gasteiger partial charge in [0.25, 0.3) is 0 Å². The van der Waals surface area contributed by atoms with E-state index in [0.29, 0.717) is 13.0 Å². The molecule has 2 N–H and O–H groups in total. The number of para-hydroxylation sites is 1. The van der Waals surface area contributed by atoms with Gasteiger partial charge >= 0.3 is 5.97 Å². The summed E-state index contributed by atoms with van der Waals surface area (Å²) in [4.78, 5) is 24.7. The minimum Gasteiger partial charge on any atom is -0.481 e. The Bertz CT molecular complexity index is 461. The van der Waals surface area contributed by atoms with Crippen molar-refractivity contribution < 1.29 is 14.7 Å². The number of anilines is 1. The third-order valence-corrected chi connectivity index (χ3v) is 3.22. The maximum atomic E-state index is 12.4. The van der Waals surface area contributed by atoms with Crippen LogP contribution in [0.2, 0.25) is 0 Å². The lowest BCUT2D eigenvalue weighted by molar-refractivity contribution is -0.137. The van der Waals surface area contributed by atoms with Gasteiger partial charge in [-0.25, -0.2) is 0 Å². The Hall–Kier alpha value is -1.88. The second kappa shape index (κ2) is 5.84. The van der Waals surface area contributed by atoms with Crippen LogP contribution in [0.5, 0.6) is 0 Å². The van der Waals surface area contributed by atoms with E-state index < -0.39 is 12.0 Å². The number of hydrogen-bond acceptors (Lipinski definition) is 3. The van der Waals surface area contributed by atoms with Gasteiger partial charge in [0, 0.05) is 24.7 Å². The van der Waals surface area contributed by atoms with Crippen LogP contribution in [-0.2, 0) is 9.59 Å². The maximum absolute atomic E-state index is 12.4. The highest BCUT2D eigenvalue weighted by atomic mass is 16.4. The molecule has 1 fully saturated rings. The molecular formula is C14H18N2O3. The molecule has 0 spiro atoms. The van der Waals surface area contributed by atoms with E-state index in [-0.39, 0.29) is 18.4 Å². The van der Waals surface area contributed by atoms with Crippen LogP contribution < -0.4 is 10.2 Å². The Morgan fingerprint density at radius 2 is 2.11 bits per heavy atom. The van der Waals surface area contributed by atoms with Gasteiger partial charge in [-0.3, -0.25) is 9.59 Å². The topological polar surface area (TPSA) is 69.6 Å². The summed E-state index contributed by atoms with van der Waals surface area (Å²) >= 11 is 0. The number of piperazine rings is 1. The number of nitrogens with zero attached hydrogens (tertiary/aromatic N) is 1. The first-order valence-corrected chi connectivity index (χ1v) is 6.42. The van der Waals surface area contributed by atoms with E-state index >= 15 is 0 Å². The standard InChI is InChI=1S/C14H18N2O3/c1-10-9-16(11-5-3-2-4-6-11)14(19)12(15-10)7-8-13(17)18/h2-6,10,12,15H,7-9H2,1H3,(H,17,18). The first-order chi connectivity index (χ1) is 9.08. The number of benzene rings is 1. The van der Waals surface area contributed by atoms with Gasteiger partial charge < -0.3 is 15.3 Å². The Morgan fingerprint density at radius 3 is 2.74 bits per heavy atom. The molecule has 1 heterocycles. The van der Waals surface area contributed by atoms with E-state index in [1.54, 1.807) is 4.90 Å². The molecule has 5 nitrogen and oxygen atoms in total. The number of carboxylic acid groups (broad SMARTS) is 1. The minimum atomic E-state index is -0.876. The van der Waals surface area contributed by atoms with Gasteiger partial charge in [0.15, 0.2) is 0 Å². The summed E-state index contributed by atoms with van der Waals surface area (Å²) in [6.07, 6.45) is 0.320. The lowest BCUT2D eigenvalue weighted by Gasteiger charge is -2.37. The molecule has 0 aliphatic carbocycles. The van der Waals surface area contributed by atoms with Crippen molar-refractivity contribution in [1.29, 1.82) is 0 Å². The fourth-order valence-corrected chi connectivity index (χ4v) is 2.33. The van der Waals surface area contributed by atoms with E-state index in [9.17, 15) is 9.59 Å². The van der Waals surface area contributed by atoms with Gasteiger partial charge in [-0.2, -0.15) is 0 Å². The maximum Gasteiger partial charge on any atom is 0.303 e. The van der Waals surface area contributed by atoms with Crippen molar-refractivity contribution in [2.24, 2.45) is 0 Å². The molecule has 0 aromatic heterocycles. The molecule has 5 heteroatoms. The fraction of sp³-hybridized carbons (Fsp3) is 0.429. The van der Waals surface area contributed by atoms with Crippen LogP contribution in [-0.4, -0.2) is 35.6 Å². The number of amides is 1. The molecule has 1 aromatic rings. The largest absolute Gasteiger partial charge is 0.481 e. The predicted octanol–water partition coefficient (Wildman–Crippen LogP) is 1.24. The minimum absolute atomic E-state index is 0.00123. The Labute approximate surface area is 112 Å². The Kier molecular flexibility index (Phi) is 4.16. The summed E-state index contributed by atoms with van der Waals surface area (Å²) in [6.45, 7) is 2.60. The normalized spacial score (nSPS) is 23.4. The molecular weight excluding hydrogens is 244 g/mol. The van der Waals surface area contributed by atoms with Crippen molar-refractivity contribution in [3.63, 3.8) is 0 Å². The van der Waals surface area contributed by atoms with Crippen LogP contribution in [0, 0.1) is 0 Å². The van der Waals surface area contributed by atoms with Crippen molar-refractivity contribution in [1.82, 2.24) is 5.32 Å². The van der Waals surface area contributed by atoms with Gasteiger partial charge in [0.2, 0.25) is 5.91 Å². The first kappa shape index (κ1) is 13.5. The molecule has 1 saturated heterocycles. The van der Waals surface area contributed by atoms with Crippen molar-refractivity contribution in [3.05, 3.63) is 30.3 Å². The van der Waals surface area contributed by atoms with Gasteiger partial charge in [-0.15, -0.1) is 0 Å². The van der Waals surface area contributed by atoms with Gasteiger partial charge in [-0.1, -0.05) is 18.2 Å². The highest BCUT2D eigenvalue weighted by Gasteiger charge is 2.32. The second-order valence-corrected chi connectivity index (χ2v) is 4.84. The third kappa shape index (κ3) is 3.32.